The molecule has 0 heterocycles. The first kappa shape index (κ1) is 41.4. The molecule has 0 aromatic rings. The largest absolute Gasteiger partial charge is 0.467 e. The van der Waals surface area contributed by atoms with Crippen LogP contribution in [-0.2, 0) is 19.1 Å². The minimum absolute atomic E-state index is 0.0750. The highest BCUT2D eigenvalue weighted by Gasteiger charge is 2.21. The number of nitrogens with zero attached hydrogens (tertiary/aromatic N) is 1. The van der Waals surface area contributed by atoms with Crippen LogP contribution in [0, 0.1) is 0 Å². The second-order valence-corrected chi connectivity index (χ2v) is 12.7. The number of amides is 2. The molecule has 0 aliphatic rings. The molecule has 0 saturated carbocycles. The second kappa shape index (κ2) is 29.1. The SMILES string of the molecule is CCCCCCCCCCCC(=O)NCCCCC(NC(=O)CCCCCCCCCC[N+](CC)(CC)CC)C(=O)OC. The van der Waals surface area contributed by atoms with E-state index in [-0.39, 0.29) is 11.8 Å². The third-order valence-electron chi connectivity index (χ3n) is 9.37. The number of carbonyl (C=O) groups excluding carboxylic acids is 3. The van der Waals surface area contributed by atoms with Crippen molar-refractivity contribution in [3.8, 4) is 0 Å². The van der Waals surface area contributed by atoms with E-state index in [1.165, 1.54) is 115 Å². The highest BCUT2D eigenvalue weighted by Crippen LogP contribution is 2.14. The standard InChI is InChI=1S/C36H71N3O4/c1-6-10-11-12-13-14-17-20-23-29-34(40)37-31-26-25-28-33(36(42)43-5)38-35(41)30-24-21-18-15-16-19-22-27-32-39(7-2,8-3)9-4/h33H,6-32H2,1-5H3,(H-,37,38,40,41)/p+1. The summed E-state index contributed by atoms with van der Waals surface area (Å²) in [6.07, 6.45) is 23.8. The summed E-state index contributed by atoms with van der Waals surface area (Å²) in [5.41, 5.74) is 0. The van der Waals surface area contributed by atoms with Crippen LogP contribution in [0.3, 0.4) is 0 Å². The van der Waals surface area contributed by atoms with E-state index < -0.39 is 12.0 Å². The molecule has 2 amide bonds. The Morgan fingerprint density at radius 3 is 1.53 bits per heavy atom. The lowest BCUT2D eigenvalue weighted by Gasteiger charge is -2.35. The molecule has 1 atom stereocenters. The molecule has 0 bridgehead atoms. The third kappa shape index (κ3) is 23.4. The third-order valence-corrected chi connectivity index (χ3v) is 9.37. The fraction of sp³-hybridized carbons (Fsp3) is 0.917. The maximum atomic E-state index is 12.5. The van der Waals surface area contributed by atoms with Crippen molar-refractivity contribution in [2.24, 2.45) is 0 Å². The topological polar surface area (TPSA) is 84.5 Å². The summed E-state index contributed by atoms with van der Waals surface area (Å²) < 4.78 is 6.16. The van der Waals surface area contributed by atoms with E-state index in [9.17, 15) is 14.4 Å². The second-order valence-electron chi connectivity index (χ2n) is 12.7. The minimum Gasteiger partial charge on any atom is -0.467 e. The summed E-state index contributed by atoms with van der Waals surface area (Å²) >= 11 is 0. The molecule has 2 N–H and O–H groups in total. The number of rotatable bonds is 31. The van der Waals surface area contributed by atoms with Gasteiger partial charge in [-0.25, -0.2) is 4.79 Å². The molecule has 0 fully saturated rings. The van der Waals surface area contributed by atoms with Gasteiger partial charge in [0, 0.05) is 19.4 Å². The normalized spacial score (nSPS) is 12.2. The zero-order valence-corrected chi connectivity index (χ0v) is 29.2. The van der Waals surface area contributed by atoms with Crippen molar-refractivity contribution in [1.82, 2.24) is 10.6 Å². The first-order valence-corrected chi connectivity index (χ1v) is 18.4. The molecule has 0 rings (SSSR count). The van der Waals surface area contributed by atoms with Crippen LogP contribution >= 0.6 is 0 Å². The minimum atomic E-state index is -0.611. The van der Waals surface area contributed by atoms with E-state index in [1.54, 1.807) is 0 Å². The van der Waals surface area contributed by atoms with Gasteiger partial charge in [0.1, 0.15) is 6.04 Å². The first-order valence-electron chi connectivity index (χ1n) is 18.4. The van der Waals surface area contributed by atoms with Crippen LogP contribution in [0.4, 0.5) is 0 Å². The molecular formula is C36H72N3O4+. The molecule has 254 valence electrons. The number of esters is 1. The van der Waals surface area contributed by atoms with E-state index in [4.69, 9.17) is 4.74 Å². The monoisotopic (exact) mass is 611 g/mol. The molecule has 7 heteroatoms. The Labute approximate surface area is 266 Å². The van der Waals surface area contributed by atoms with Crippen molar-refractivity contribution >= 4 is 17.8 Å². The number of carbonyl (C=O) groups is 3. The van der Waals surface area contributed by atoms with Crippen molar-refractivity contribution in [3.63, 3.8) is 0 Å². The highest BCUT2D eigenvalue weighted by atomic mass is 16.5. The number of methoxy groups -OCH3 is 1. The lowest BCUT2D eigenvalue weighted by atomic mass is 10.1. The number of hydrogen-bond acceptors (Lipinski definition) is 4. The zero-order chi connectivity index (χ0) is 32.0. The van der Waals surface area contributed by atoms with Crippen molar-refractivity contribution in [1.29, 1.82) is 0 Å². The number of unbranched alkanes of at least 4 members (excludes halogenated alkanes) is 16. The van der Waals surface area contributed by atoms with E-state index in [0.29, 0.717) is 25.8 Å². The first-order chi connectivity index (χ1) is 20.9. The molecule has 0 radical (unpaired) electrons. The van der Waals surface area contributed by atoms with E-state index >= 15 is 0 Å². The summed E-state index contributed by atoms with van der Waals surface area (Å²) in [5.74, 6) is -0.355. The van der Waals surface area contributed by atoms with Crippen LogP contribution in [0.25, 0.3) is 0 Å². The molecule has 7 nitrogen and oxygen atoms in total. The van der Waals surface area contributed by atoms with Crippen LogP contribution in [0.1, 0.15) is 169 Å². The quantitative estimate of drug-likeness (QED) is 0.0470. The number of ether oxygens (including phenoxy) is 1. The molecule has 0 aliphatic carbocycles. The summed E-state index contributed by atoms with van der Waals surface area (Å²) in [7, 11) is 1.36. The van der Waals surface area contributed by atoms with Crippen molar-refractivity contribution < 1.29 is 23.6 Å². The molecule has 0 aliphatic heterocycles. The lowest BCUT2D eigenvalue weighted by Crippen LogP contribution is -2.48. The maximum Gasteiger partial charge on any atom is 0.328 e. The Bertz CT molecular complexity index is 673. The maximum absolute atomic E-state index is 12.5. The molecule has 1 unspecified atom stereocenters. The van der Waals surface area contributed by atoms with Crippen molar-refractivity contribution in [2.75, 3.05) is 39.8 Å². The van der Waals surface area contributed by atoms with Gasteiger partial charge in [0.15, 0.2) is 0 Å². The number of quaternary nitrogens is 1. The predicted molar refractivity (Wildman–Crippen MR) is 181 cm³/mol. The van der Waals surface area contributed by atoms with Gasteiger partial charge >= 0.3 is 5.97 Å². The van der Waals surface area contributed by atoms with E-state index in [2.05, 4.69) is 38.3 Å². The predicted octanol–water partition coefficient (Wildman–Crippen LogP) is 8.24. The summed E-state index contributed by atoms with van der Waals surface area (Å²) in [6, 6.07) is -0.611. The van der Waals surface area contributed by atoms with Crippen LogP contribution in [0.5, 0.6) is 0 Å². The molecular weight excluding hydrogens is 538 g/mol. The van der Waals surface area contributed by atoms with Crippen LogP contribution in [0.2, 0.25) is 0 Å². The van der Waals surface area contributed by atoms with Gasteiger partial charge in [0.2, 0.25) is 11.8 Å². The summed E-state index contributed by atoms with van der Waals surface area (Å²) in [4.78, 5) is 36.8. The van der Waals surface area contributed by atoms with Gasteiger partial charge in [-0.2, -0.15) is 0 Å². The van der Waals surface area contributed by atoms with Gasteiger partial charge in [-0.15, -0.1) is 0 Å². The van der Waals surface area contributed by atoms with Gasteiger partial charge < -0.3 is 19.9 Å². The van der Waals surface area contributed by atoms with Gasteiger partial charge in [-0.3, -0.25) is 9.59 Å². The average Bonchev–Trinajstić information content (AvgIpc) is 3.02. The van der Waals surface area contributed by atoms with Crippen LogP contribution < -0.4 is 10.6 Å². The number of hydrogen-bond donors (Lipinski definition) is 2. The highest BCUT2D eigenvalue weighted by molar-refractivity contribution is 5.84. The Morgan fingerprint density at radius 2 is 1.05 bits per heavy atom. The fourth-order valence-corrected chi connectivity index (χ4v) is 5.98. The van der Waals surface area contributed by atoms with Crippen molar-refractivity contribution in [3.05, 3.63) is 0 Å². The Hall–Kier alpha value is -1.63. The van der Waals surface area contributed by atoms with Gasteiger partial charge in [0.25, 0.3) is 0 Å². The van der Waals surface area contributed by atoms with E-state index in [1.807, 2.05) is 0 Å². The number of nitrogens with one attached hydrogen (secondary N) is 2. The van der Waals surface area contributed by atoms with Gasteiger partial charge in [0.05, 0.1) is 33.3 Å². The smallest absolute Gasteiger partial charge is 0.328 e. The molecule has 43 heavy (non-hydrogen) atoms. The van der Waals surface area contributed by atoms with Crippen LogP contribution in [-0.4, -0.2) is 68.1 Å². The molecule has 0 saturated heterocycles. The molecule has 0 aromatic heterocycles. The van der Waals surface area contributed by atoms with E-state index in [0.717, 1.165) is 44.9 Å². The van der Waals surface area contributed by atoms with Gasteiger partial charge in [-0.1, -0.05) is 90.4 Å². The average molecular weight is 611 g/mol. The Kier molecular flexibility index (Phi) is 28.0. The van der Waals surface area contributed by atoms with Gasteiger partial charge in [-0.05, 0) is 65.7 Å². The van der Waals surface area contributed by atoms with Crippen LogP contribution in [0.15, 0.2) is 0 Å². The Morgan fingerprint density at radius 1 is 0.581 bits per heavy atom. The summed E-state index contributed by atoms with van der Waals surface area (Å²) in [6.45, 7) is 14.8. The van der Waals surface area contributed by atoms with Crippen molar-refractivity contribution in [2.45, 2.75) is 175 Å². The molecule has 0 spiro atoms. The zero-order valence-electron chi connectivity index (χ0n) is 29.2. The summed E-state index contributed by atoms with van der Waals surface area (Å²) in [5, 5.41) is 5.87. The lowest BCUT2D eigenvalue weighted by molar-refractivity contribution is -0.923. The molecule has 0 aromatic carbocycles. The Balaban J connectivity index is 3.87. The fourth-order valence-electron chi connectivity index (χ4n) is 5.98.